The van der Waals surface area contributed by atoms with E-state index >= 15 is 0 Å². The van der Waals surface area contributed by atoms with Crippen LogP contribution < -0.4 is 5.73 Å². The van der Waals surface area contributed by atoms with Gasteiger partial charge in [0.1, 0.15) is 5.82 Å². The van der Waals surface area contributed by atoms with Crippen LogP contribution in [0.25, 0.3) is 0 Å². The molecule has 2 saturated heterocycles. The third-order valence-electron chi connectivity index (χ3n) is 4.69. The van der Waals surface area contributed by atoms with Gasteiger partial charge in [0.25, 0.3) is 0 Å². The van der Waals surface area contributed by atoms with Crippen LogP contribution in [-0.2, 0) is 10.3 Å². The first kappa shape index (κ1) is 14.3. The molecule has 2 aliphatic heterocycles. The van der Waals surface area contributed by atoms with E-state index in [0.29, 0.717) is 5.92 Å². The van der Waals surface area contributed by atoms with Gasteiger partial charge in [0.2, 0.25) is 0 Å². The van der Waals surface area contributed by atoms with Gasteiger partial charge in [0.15, 0.2) is 0 Å². The number of rotatable bonds is 2. The maximum Gasteiger partial charge on any atom is 0.141 e. The van der Waals surface area contributed by atoms with Gasteiger partial charge in [-0.1, -0.05) is 0 Å². The van der Waals surface area contributed by atoms with Gasteiger partial charge >= 0.3 is 0 Å². The molecule has 0 radical (unpaired) electrons. The summed E-state index contributed by atoms with van der Waals surface area (Å²) in [5.41, 5.74) is 6.81. The molecule has 0 bridgehead atoms. The molecule has 3 nitrogen and oxygen atoms in total. The molecule has 3 heterocycles. The van der Waals surface area contributed by atoms with Crippen molar-refractivity contribution in [2.75, 3.05) is 18.1 Å². The van der Waals surface area contributed by atoms with Crippen LogP contribution in [0.5, 0.6) is 0 Å². The van der Waals surface area contributed by atoms with E-state index in [9.17, 15) is 4.39 Å². The molecule has 2 N–H and O–H groups in total. The molecule has 110 valence electrons. The predicted molar refractivity (Wildman–Crippen MR) is 79.1 cm³/mol. The van der Waals surface area contributed by atoms with Crippen molar-refractivity contribution in [3.63, 3.8) is 0 Å². The fourth-order valence-corrected chi connectivity index (χ4v) is 4.68. The largest absolute Gasteiger partial charge is 0.374 e. The Kier molecular flexibility index (Phi) is 3.77. The molecule has 2 aliphatic rings. The standard InChI is InChI=1S/C15H21FN2OS/c1-14(17,13-3-2-12(16)9-18-13)11-4-6-19-15(8-11)5-7-20-10-15/h2-3,9,11H,4-8,10,17H2,1H3. The second kappa shape index (κ2) is 5.28. The first-order valence-corrected chi connectivity index (χ1v) is 8.30. The summed E-state index contributed by atoms with van der Waals surface area (Å²) < 4.78 is 19.1. The van der Waals surface area contributed by atoms with E-state index in [1.807, 2.05) is 18.7 Å². The van der Waals surface area contributed by atoms with E-state index in [1.165, 1.54) is 18.0 Å². The molecule has 20 heavy (non-hydrogen) atoms. The van der Waals surface area contributed by atoms with Gasteiger partial charge in [0.05, 0.1) is 23.0 Å². The summed E-state index contributed by atoms with van der Waals surface area (Å²) in [7, 11) is 0. The van der Waals surface area contributed by atoms with Crippen molar-refractivity contribution in [2.24, 2.45) is 11.7 Å². The van der Waals surface area contributed by atoms with Gasteiger partial charge in [-0.25, -0.2) is 4.39 Å². The van der Waals surface area contributed by atoms with Crippen molar-refractivity contribution in [1.29, 1.82) is 0 Å². The first-order valence-electron chi connectivity index (χ1n) is 7.14. The number of hydrogen-bond donors (Lipinski definition) is 1. The van der Waals surface area contributed by atoms with E-state index in [0.717, 1.165) is 37.3 Å². The normalized spacial score (nSPS) is 33.2. The van der Waals surface area contributed by atoms with Crippen LogP contribution >= 0.6 is 11.8 Å². The Morgan fingerprint density at radius 2 is 2.40 bits per heavy atom. The lowest BCUT2D eigenvalue weighted by atomic mass is 9.73. The SMILES string of the molecule is CC(N)(c1ccc(F)cn1)C1CCOC2(CCSC2)C1. The van der Waals surface area contributed by atoms with Crippen molar-refractivity contribution < 1.29 is 9.13 Å². The van der Waals surface area contributed by atoms with Crippen LogP contribution in [0.3, 0.4) is 0 Å². The number of nitrogens with zero attached hydrogens (tertiary/aromatic N) is 1. The average molecular weight is 296 g/mol. The topological polar surface area (TPSA) is 48.1 Å². The highest BCUT2D eigenvalue weighted by atomic mass is 32.2. The molecule has 0 saturated carbocycles. The molecule has 0 aromatic carbocycles. The van der Waals surface area contributed by atoms with E-state index in [2.05, 4.69) is 4.98 Å². The van der Waals surface area contributed by atoms with Crippen LogP contribution in [-0.4, -0.2) is 28.7 Å². The summed E-state index contributed by atoms with van der Waals surface area (Å²) in [6, 6.07) is 3.15. The van der Waals surface area contributed by atoms with Gasteiger partial charge in [-0.3, -0.25) is 4.98 Å². The Hall–Kier alpha value is -0.650. The number of thioether (sulfide) groups is 1. The zero-order valence-corrected chi connectivity index (χ0v) is 12.6. The zero-order valence-electron chi connectivity index (χ0n) is 11.8. The molecule has 0 amide bonds. The Morgan fingerprint density at radius 3 is 3.05 bits per heavy atom. The summed E-state index contributed by atoms with van der Waals surface area (Å²) in [6.45, 7) is 2.78. The maximum atomic E-state index is 13.0. The van der Waals surface area contributed by atoms with Crippen molar-refractivity contribution in [1.82, 2.24) is 4.98 Å². The minimum atomic E-state index is -0.530. The molecule has 0 aliphatic carbocycles. The summed E-state index contributed by atoms with van der Waals surface area (Å²) in [5.74, 6) is 2.24. The number of pyridine rings is 1. The van der Waals surface area contributed by atoms with Crippen molar-refractivity contribution in [3.05, 3.63) is 29.8 Å². The molecule has 3 unspecified atom stereocenters. The zero-order chi connectivity index (χ0) is 14.2. The highest BCUT2D eigenvalue weighted by molar-refractivity contribution is 7.99. The molecule has 5 heteroatoms. The lowest BCUT2D eigenvalue weighted by Gasteiger charge is -2.44. The monoisotopic (exact) mass is 296 g/mol. The highest BCUT2D eigenvalue weighted by Crippen LogP contribution is 2.44. The number of hydrogen-bond acceptors (Lipinski definition) is 4. The Bertz CT molecular complexity index is 471. The molecule has 3 atom stereocenters. The number of aromatic nitrogens is 1. The number of ether oxygens (including phenoxy) is 1. The van der Waals surface area contributed by atoms with Gasteiger partial charge in [-0.05, 0) is 50.0 Å². The molecule has 3 rings (SSSR count). The van der Waals surface area contributed by atoms with Crippen LogP contribution in [0.15, 0.2) is 18.3 Å². The fourth-order valence-electron chi connectivity index (χ4n) is 3.31. The third kappa shape index (κ3) is 2.59. The van der Waals surface area contributed by atoms with Crippen LogP contribution in [0.2, 0.25) is 0 Å². The smallest absolute Gasteiger partial charge is 0.141 e. The number of nitrogens with two attached hydrogens (primary N) is 1. The summed E-state index contributed by atoms with van der Waals surface area (Å²) in [6.07, 6.45) is 4.28. The Balaban J connectivity index is 1.81. The van der Waals surface area contributed by atoms with Crippen LogP contribution in [0.4, 0.5) is 4.39 Å². The Morgan fingerprint density at radius 1 is 1.55 bits per heavy atom. The molecule has 1 spiro atoms. The second-order valence-corrected chi connectivity index (χ2v) is 7.27. The fraction of sp³-hybridized carbons (Fsp3) is 0.667. The van der Waals surface area contributed by atoms with Gasteiger partial charge in [0, 0.05) is 12.4 Å². The number of halogens is 1. The summed E-state index contributed by atoms with van der Waals surface area (Å²) in [4.78, 5) is 4.19. The van der Waals surface area contributed by atoms with Crippen LogP contribution in [0.1, 0.15) is 31.9 Å². The molecular formula is C15H21FN2OS. The van der Waals surface area contributed by atoms with Crippen molar-refractivity contribution in [3.8, 4) is 0 Å². The Labute approximate surface area is 123 Å². The highest BCUT2D eigenvalue weighted by Gasteiger charge is 2.45. The van der Waals surface area contributed by atoms with Gasteiger partial charge in [-0.15, -0.1) is 0 Å². The predicted octanol–water partition coefficient (Wildman–Crippen LogP) is 2.70. The molecule has 2 fully saturated rings. The quantitative estimate of drug-likeness (QED) is 0.911. The minimum absolute atomic E-state index is 0.00818. The summed E-state index contributed by atoms with van der Waals surface area (Å²) >= 11 is 1.96. The van der Waals surface area contributed by atoms with Crippen molar-refractivity contribution >= 4 is 11.8 Å². The van der Waals surface area contributed by atoms with E-state index in [1.54, 1.807) is 6.07 Å². The van der Waals surface area contributed by atoms with E-state index in [-0.39, 0.29) is 11.4 Å². The van der Waals surface area contributed by atoms with Crippen molar-refractivity contribution in [2.45, 2.75) is 37.3 Å². The van der Waals surface area contributed by atoms with E-state index < -0.39 is 5.54 Å². The first-order chi connectivity index (χ1) is 9.52. The average Bonchev–Trinajstić information content (AvgIpc) is 2.87. The van der Waals surface area contributed by atoms with E-state index in [4.69, 9.17) is 10.5 Å². The third-order valence-corrected chi connectivity index (χ3v) is 5.91. The van der Waals surface area contributed by atoms with Gasteiger partial charge in [-0.2, -0.15) is 11.8 Å². The summed E-state index contributed by atoms with van der Waals surface area (Å²) in [5, 5.41) is 0. The lowest BCUT2D eigenvalue weighted by molar-refractivity contribution is -0.0920. The minimum Gasteiger partial charge on any atom is -0.374 e. The molecule has 1 aromatic heterocycles. The lowest BCUT2D eigenvalue weighted by Crippen LogP contribution is -2.50. The second-order valence-electron chi connectivity index (χ2n) is 6.17. The maximum absolute atomic E-state index is 13.0. The molecular weight excluding hydrogens is 275 g/mol. The molecule has 1 aromatic rings. The van der Waals surface area contributed by atoms with Crippen LogP contribution in [0, 0.1) is 11.7 Å². The van der Waals surface area contributed by atoms with Gasteiger partial charge < -0.3 is 10.5 Å².